The molecule has 1 aliphatic heterocycles. The van der Waals surface area contributed by atoms with Crippen LogP contribution in [0.1, 0.15) is 30.6 Å². The van der Waals surface area contributed by atoms with E-state index in [0.717, 1.165) is 6.26 Å². The number of amides is 1. The van der Waals surface area contributed by atoms with Crippen LogP contribution in [0.3, 0.4) is 0 Å². The number of nitrogens with one attached hydrogen (secondary N) is 1. The van der Waals surface area contributed by atoms with Crippen LogP contribution in [0.2, 0.25) is 0 Å². The number of rotatable bonds is 10. The molecule has 1 amide bonds. The number of aromatic nitrogens is 1. The third kappa shape index (κ3) is 6.60. The zero-order chi connectivity index (χ0) is 36.9. The Bertz CT molecular complexity index is 2440. The van der Waals surface area contributed by atoms with Crippen molar-refractivity contribution in [2.45, 2.75) is 32.2 Å². The van der Waals surface area contributed by atoms with Crippen LogP contribution in [0.4, 0.5) is 14.5 Å². The number of carbonyl (C=O) groups excluding carboxylic acids is 1. The van der Waals surface area contributed by atoms with Crippen molar-refractivity contribution in [1.29, 1.82) is 0 Å². The molecule has 11 nitrogen and oxygen atoms in total. The van der Waals surface area contributed by atoms with E-state index in [-0.39, 0.29) is 58.8 Å². The van der Waals surface area contributed by atoms with Crippen LogP contribution >= 0.6 is 0 Å². The van der Waals surface area contributed by atoms with E-state index >= 15 is 0 Å². The third-order valence-corrected chi connectivity index (χ3v) is 10.0. The van der Waals surface area contributed by atoms with Crippen molar-refractivity contribution < 1.29 is 45.0 Å². The first-order chi connectivity index (χ1) is 24.8. The van der Waals surface area contributed by atoms with Gasteiger partial charge >= 0.3 is 0 Å². The Morgan fingerprint density at radius 1 is 1.00 bits per heavy atom. The summed E-state index contributed by atoms with van der Waals surface area (Å²) < 4.78 is 86.7. The summed E-state index contributed by atoms with van der Waals surface area (Å²) in [7, 11) is -0.990. The van der Waals surface area contributed by atoms with Crippen molar-refractivity contribution in [3.8, 4) is 39.7 Å². The van der Waals surface area contributed by atoms with Crippen LogP contribution in [-0.4, -0.2) is 64.8 Å². The van der Waals surface area contributed by atoms with Gasteiger partial charge in [-0.2, -0.15) is 0 Å². The van der Waals surface area contributed by atoms with Gasteiger partial charge in [0.15, 0.2) is 17.2 Å². The van der Waals surface area contributed by atoms with Gasteiger partial charge in [-0.3, -0.25) is 9.10 Å². The van der Waals surface area contributed by atoms with Gasteiger partial charge in [0.25, 0.3) is 5.91 Å². The maximum atomic E-state index is 14.7. The largest absolute Gasteiger partial charge is 0.496 e. The van der Waals surface area contributed by atoms with Gasteiger partial charge in [-0.1, -0.05) is 12.1 Å². The average Bonchev–Trinajstić information content (AvgIpc) is 3.82. The fourth-order valence-electron chi connectivity index (χ4n) is 6.43. The van der Waals surface area contributed by atoms with Crippen molar-refractivity contribution in [2.75, 3.05) is 37.9 Å². The Morgan fingerprint density at radius 2 is 1.75 bits per heavy atom. The van der Waals surface area contributed by atoms with Gasteiger partial charge in [-0.25, -0.2) is 22.2 Å². The summed E-state index contributed by atoms with van der Waals surface area (Å²) >= 11 is 0. The maximum Gasteiger partial charge on any atom is 0.255 e. The van der Waals surface area contributed by atoms with E-state index in [2.05, 4.69) is 10.3 Å². The molecule has 0 aliphatic carbocycles. The van der Waals surface area contributed by atoms with E-state index in [9.17, 15) is 22.0 Å². The Morgan fingerprint density at radius 3 is 2.40 bits per heavy atom. The molecule has 1 unspecified atom stereocenters. The summed E-state index contributed by atoms with van der Waals surface area (Å²) in [4.78, 5) is 17.9. The average molecular weight is 732 g/mol. The van der Waals surface area contributed by atoms with Crippen LogP contribution in [-0.2, 0) is 19.5 Å². The molecule has 6 aromatic rings. The Labute approximate surface area is 298 Å². The van der Waals surface area contributed by atoms with E-state index in [1.165, 1.54) is 54.9 Å². The minimum atomic E-state index is -3.94. The second-order valence-corrected chi connectivity index (χ2v) is 14.8. The van der Waals surface area contributed by atoms with Crippen molar-refractivity contribution in [1.82, 2.24) is 10.3 Å². The molecule has 0 spiro atoms. The molecule has 3 heterocycles. The van der Waals surface area contributed by atoms with Gasteiger partial charge in [0.2, 0.25) is 15.9 Å². The highest BCUT2D eigenvalue weighted by Crippen LogP contribution is 2.44. The van der Waals surface area contributed by atoms with Gasteiger partial charge in [-0.15, -0.1) is 0 Å². The number of hydrogen-bond acceptors (Lipinski definition) is 9. The molecular weight excluding hydrogens is 696 g/mol. The molecule has 2 aromatic heterocycles. The van der Waals surface area contributed by atoms with E-state index < -0.39 is 33.4 Å². The number of methoxy groups -OCH3 is 1. The van der Waals surface area contributed by atoms with Crippen LogP contribution < -0.4 is 14.4 Å². The van der Waals surface area contributed by atoms with Crippen LogP contribution in [0.25, 0.3) is 56.0 Å². The van der Waals surface area contributed by atoms with E-state index in [1.54, 1.807) is 50.2 Å². The molecule has 0 bridgehead atoms. The lowest BCUT2D eigenvalue weighted by molar-refractivity contribution is -0.138. The van der Waals surface area contributed by atoms with E-state index in [0.29, 0.717) is 39.8 Å². The Hall–Kier alpha value is -5.31. The number of nitrogens with zero attached hydrogens (tertiary/aromatic N) is 2. The van der Waals surface area contributed by atoms with Crippen LogP contribution in [0.15, 0.2) is 81.6 Å². The summed E-state index contributed by atoms with van der Waals surface area (Å²) in [5.74, 6) is -1.68. The fraction of sp³-hybridized carbons (Fsp3) is 0.263. The van der Waals surface area contributed by atoms with Gasteiger partial charge in [0, 0.05) is 36.2 Å². The van der Waals surface area contributed by atoms with Crippen LogP contribution in [0, 0.1) is 11.6 Å². The molecule has 1 N–H and O–H groups in total. The fourth-order valence-corrected chi connectivity index (χ4v) is 7.37. The third-order valence-electron chi connectivity index (χ3n) is 8.87. The highest BCUT2D eigenvalue weighted by molar-refractivity contribution is 7.92. The lowest BCUT2D eigenvalue weighted by atomic mass is 9.96. The first kappa shape index (κ1) is 35.1. The monoisotopic (exact) mass is 731 g/mol. The number of furan rings is 1. The van der Waals surface area contributed by atoms with E-state index in [4.69, 9.17) is 23.0 Å². The number of fused-ring (bicyclic) bond motifs is 2. The summed E-state index contributed by atoms with van der Waals surface area (Å²) in [5, 5.41) is 3.03. The molecule has 1 fully saturated rings. The lowest BCUT2D eigenvalue weighted by Gasteiger charge is -2.26. The molecule has 0 radical (unpaired) electrons. The smallest absolute Gasteiger partial charge is 0.255 e. The number of carbonyl (C=O) groups is 1. The quantitative estimate of drug-likeness (QED) is 0.152. The minimum Gasteiger partial charge on any atom is -0.496 e. The van der Waals surface area contributed by atoms with Crippen molar-refractivity contribution in [3.05, 3.63) is 90.0 Å². The zero-order valence-corrected chi connectivity index (χ0v) is 29.8. The summed E-state index contributed by atoms with van der Waals surface area (Å²) in [6, 6.07) is 18.2. The predicted octanol–water partition coefficient (Wildman–Crippen LogP) is 7.53. The van der Waals surface area contributed by atoms with Gasteiger partial charge in [-0.05, 0) is 80.4 Å². The highest BCUT2D eigenvalue weighted by atomic mass is 32.2. The Kier molecular flexibility index (Phi) is 9.01. The molecular formula is C38H35F2N3O8S. The van der Waals surface area contributed by atoms with Crippen LogP contribution in [0.5, 0.6) is 5.75 Å². The Balaban J connectivity index is 1.46. The first-order valence-electron chi connectivity index (χ1n) is 16.4. The predicted molar refractivity (Wildman–Crippen MR) is 192 cm³/mol. The summed E-state index contributed by atoms with van der Waals surface area (Å²) in [6.07, 6.45) is 1.04. The molecule has 1 aliphatic rings. The first-order valence-corrected chi connectivity index (χ1v) is 18.2. The summed E-state index contributed by atoms with van der Waals surface area (Å²) in [6.45, 7) is 3.89. The number of ether oxygens (including phenoxy) is 3. The van der Waals surface area contributed by atoms with Gasteiger partial charge < -0.3 is 28.4 Å². The van der Waals surface area contributed by atoms with Gasteiger partial charge in [0.05, 0.1) is 42.9 Å². The second-order valence-electron chi connectivity index (χ2n) is 12.9. The normalized spacial score (nSPS) is 15.7. The van der Waals surface area contributed by atoms with Crippen molar-refractivity contribution in [2.24, 2.45) is 0 Å². The molecule has 52 heavy (non-hydrogen) atoms. The molecule has 1 atom stereocenters. The number of halogens is 2. The van der Waals surface area contributed by atoms with E-state index in [1.807, 2.05) is 0 Å². The number of oxazole rings is 1. The zero-order valence-electron chi connectivity index (χ0n) is 29.0. The number of hydrogen-bond donors (Lipinski definition) is 1. The highest BCUT2D eigenvalue weighted by Gasteiger charge is 2.34. The second kappa shape index (κ2) is 13.3. The lowest BCUT2D eigenvalue weighted by Crippen LogP contribution is -2.34. The molecule has 0 saturated carbocycles. The van der Waals surface area contributed by atoms with Gasteiger partial charge in [0.1, 0.15) is 28.4 Å². The molecule has 7 rings (SSSR count). The number of anilines is 1. The number of para-hydroxylation sites is 1. The number of sulfonamides is 1. The topological polar surface area (TPSA) is 133 Å². The maximum absolute atomic E-state index is 14.7. The van der Waals surface area contributed by atoms with Crippen molar-refractivity contribution in [3.63, 3.8) is 0 Å². The van der Waals surface area contributed by atoms with Crippen molar-refractivity contribution >= 4 is 43.7 Å². The molecule has 14 heteroatoms. The molecule has 1 saturated heterocycles. The standard InChI is InChI=1S/C38H35F2N3O8S/c1-38(2)48-20-24(51-38)15-16-43(52(5,45)46)29-19-32-26(33(36(44)41-3)35(49-32)21-9-12-23(39)13-10-21)18-25(29)22-11-14-30(47-4)27(17-22)37-42-34-28(40)7-6-8-31(34)50-37/h6-14,17-19,24H,15-16,20H2,1-5H3,(H,41,44). The molecule has 270 valence electrons. The SMILES string of the molecule is CNC(=O)c1c(-c2ccc(F)cc2)oc2cc(N(CCC3COC(C)(C)O3)S(C)(=O)=O)c(-c3ccc(OC)c(-c4nc5c(F)cccc5o4)c3)cc12. The number of benzene rings is 4. The summed E-state index contributed by atoms with van der Waals surface area (Å²) in [5.41, 5.74) is 2.63. The molecule has 4 aromatic carbocycles. The minimum absolute atomic E-state index is 0.0166.